The standard InChI is InChI=1S/C9H7NO3/c11-9-8(10-12)7-4-2-1-3-6(7)5-13-9/h1-4,12H,5H2/b10-8+. The van der Waals surface area contributed by atoms with Crippen LogP contribution >= 0.6 is 0 Å². The molecular formula is C9H7NO3. The number of ether oxygens (including phenoxy) is 1. The van der Waals surface area contributed by atoms with E-state index in [0.29, 0.717) is 5.56 Å². The smallest absolute Gasteiger partial charge is 0.361 e. The van der Waals surface area contributed by atoms with E-state index < -0.39 is 5.97 Å². The monoisotopic (exact) mass is 177 g/mol. The van der Waals surface area contributed by atoms with Crippen LogP contribution in [0.2, 0.25) is 0 Å². The Morgan fingerprint density at radius 3 is 2.92 bits per heavy atom. The number of oxime groups is 1. The Balaban J connectivity index is 2.58. The van der Waals surface area contributed by atoms with Crippen LogP contribution in [0.25, 0.3) is 0 Å². The van der Waals surface area contributed by atoms with Crippen LogP contribution in [0.5, 0.6) is 0 Å². The summed E-state index contributed by atoms with van der Waals surface area (Å²) in [5.41, 5.74) is 1.47. The van der Waals surface area contributed by atoms with Crippen molar-refractivity contribution in [1.82, 2.24) is 0 Å². The lowest BCUT2D eigenvalue weighted by Crippen LogP contribution is -2.25. The zero-order chi connectivity index (χ0) is 9.26. The fraction of sp³-hybridized carbons (Fsp3) is 0.111. The highest BCUT2D eigenvalue weighted by Crippen LogP contribution is 2.17. The first-order valence-corrected chi connectivity index (χ1v) is 3.80. The maximum absolute atomic E-state index is 11.1. The van der Waals surface area contributed by atoms with E-state index in [2.05, 4.69) is 5.16 Å². The lowest BCUT2D eigenvalue weighted by atomic mass is 10.0. The molecule has 1 heterocycles. The lowest BCUT2D eigenvalue weighted by molar-refractivity contribution is -0.137. The molecule has 1 aliphatic heterocycles. The molecule has 0 aromatic heterocycles. The fourth-order valence-electron chi connectivity index (χ4n) is 1.29. The molecule has 0 unspecified atom stereocenters. The second-order valence-corrected chi connectivity index (χ2v) is 2.68. The predicted octanol–water partition coefficient (Wildman–Crippen LogP) is 0.922. The molecule has 0 fully saturated rings. The van der Waals surface area contributed by atoms with Crippen LogP contribution in [0.1, 0.15) is 11.1 Å². The van der Waals surface area contributed by atoms with Crippen molar-refractivity contribution in [1.29, 1.82) is 0 Å². The number of esters is 1. The minimum Gasteiger partial charge on any atom is -0.456 e. The van der Waals surface area contributed by atoms with E-state index in [9.17, 15) is 4.79 Å². The first-order valence-electron chi connectivity index (χ1n) is 3.80. The summed E-state index contributed by atoms with van der Waals surface area (Å²) in [6.07, 6.45) is 0. The van der Waals surface area contributed by atoms with Gasteiger partial charge in [0.15, 0.2) is 5.71 Å². The third-order valence-corrected chi connectivity index (χ3v) is 1.92. The van der Waals surface area contributed by atoms with Crippen molar-refractivity contribution in [3.63, 3.8) is 0 Å². The van der Waals surface area contributed by atoms with Crippen molar-refractivity contribution >= 4 is 11.7 Å². The van der Waals surface area contributed by atoms with Gasteiger partial charge in [-0.15, -0.1) is 0 Å². The summed E-state index contributed by atoms with van der Waals surface area (Å²) in [5, 5.41) is 11.5. The Hall–Kier alpha value is -1.84. The Kier molecular flexibility index (Phi) is 1.73. The molecule has 0 spiro atoms. The molecule has 0 amide bonds. The molecule has 13 heavy (non-hydrogen) atoms. The van der Waals surface area contributed by atoms with Crippen LogP contribution < -0.4 is 0 Å². The highest BCUT2D eigenvalue weighted by Gasteiger charge is 2.24. The molecular weight excluding hydrogens is 170 g/mol. The van der Waals surface area contributed by atoms with Crippen molar-refractivity contribution < 1.29 is 14.7 Å². The molecule has 2 rings (SSSR count). The molecule has 1 aromatic carbocycles. The second-order valence-electron chi connectivity index (χ2n) is 2.68. The first kappa shape index (κ1) is 7.79. The number of nitrogens with zero attached hydrogens (tertiary/aromatic N) is 1. The second kappa shape index (κ2) is 2.90. The van der Waals surface area contributed by atoms with Crippen molar-refractivity contribution in [3.05, 3.63) is 35.4 Å². The third kappa shape index (κ3) is 1.16. The number of hydrogen-bond acceptors (Lipinski definition) is 4. The highest BCUT2D eigenvalue weighted by atomic mass is 16.5. The summed E-state index contributed by atoms with van der Waals surface area (Å²) in [7, 11) is 0. The maximum Gasteiger partial charge on any atom is 0.361 e. The number of hydrogen-bond donors (Lipinski definition) is 1. The van der Waals surface area contributed by atoms with Gasteiger partial charge in [0.2, 0.25) is 0 Å². The van der Waals surface area contributed by atoms with E-state index in [1.54, 1.807) is 12.1 Å². The van der Waals surface area contributed by atoms with Crippen LogP contribution in [0.15, 0.2) is 29.4 Å². The van der Waals surface area contributed by atoms with E-state index in [-0.39, 0.29) is 12.3 Å². The van der Waals surface area contributed by atoms with Gasteiger partial charge in [-0.1, -0.05) is 29.4 Å². The highest BCUT2D eigenvalue weighted by molar-refractivity contribution is 6.44. The summed E-state index contributed by atoms with van der Waals surface area (Å²) in [6, 6.07) is 7.17. The molecule has 4 heteroatoms. The van der Waals surface area contributed by atoms with Crippen LogP contribution in [0.4, 0.5) is 0 Å². The van der Waals surface area contributed by atoms with Crippen molar-refractivity contribution in [2.24, 2.45) is 5.16 Å². The molecule has 0 saturated heterocycles. The number of cyclic esters (lactones) is 1. The van der Waals surface area contributed by atoms with Gasteiger partial charge in [0.05, 0.1) is 0 Å². The van der Waals surface area contributed by atoms with Crippen molar-refractivity contribution in [2.45, 2.75) is 6.61 Å². The SMILES string of the molecule is O=C1OCc2ccccc2/C1=N\O. The van der Waals surface area contributed by atoms with Gasteiger partial charge in [0, 0.05) is 5.56 Å². The largest absolute Gasteiger partial charge is 0.456 e. The van der Waals surface area contributed by atoms with E-state index in [1.165, 1.54) is 0 Å². The van der Waals surface area contributed by atoms with Crippen molar-refractivity contribution in [3.8, 4) is 0 Å². The predicted molar refractivity (Wildman–Crippen MR) is 44.6 cm³/mol. The Bertz CT molecular complexity index is 384. The normalized spacial score (nSPS) is 18.2. The van der Waals surface area contributed by atoms with Crippen LogP contribution in [-0.2, 0) is 16.1 Å². The van der Waals surface area contributed by atoms with E-state index in [0.717, 1.165) is 5.56 Å². The van der Waals surface area contributed by atoms with Gasteiger partial charge < -0.3 is 9.94 Å². The van der Waals surface area contributed by atoms with Gasteiger partial charge in [-0.05, 0) is 5.56 Å². The molecule has 0 bridgehead atoms. The Labute approximate surface area is 74.4 Å². The van der Waals surface area contributed by atoms with Gasteiger partial charge in [0.1, 0.15) is 6.61 Å². The zero-order valence-corrected chi connectivity index (χ0v) is 6.73. The number of carbonyl (C=O) groups excluding carboxylic acids is 1. The first-order chi connectivity index (χ1) is 6.33. The number of benzene rings is 1. The topological polar surface area (TPSA) is 58.9 Å². The summed E-state index contributed by atoms with van der Waals surface area (Å²) in [6.45, 7) is 0.244. The third-order valence-electron chi connectivity index (χ3n) is 1.92. The lowest BCUT2D eigenvalue weighted by Gasteiger charge is -2.15. The zero-order valence-electron chi connectivity index (χ0n) is 6.73. The van der Waals surface area contributed by atoms with Crippen molar-refractivity contribution in [2.75, 3.05) is 0 Å². The van der Waals surface area contributed by atoms with Gasteiger partial charge in [-0.2, -0.15) is 0 Å². The molecule has 1 aliphatic rings. The minimum atomic E-state index is -0.582. The molecule has 4 nitrogen and oxygen atoms in total. The number of fused-ring (bicyclic) bond motifs is 1. The average Bonchev–Trinajstić information content (AvgIpc) is 2.18. The molecule has 0 radical (unpaired) electrons. The van der Waals surface area contributed by atoms with E-state index >= 15 is 0 Å². The molecule has 0 atom stereocenters. The van der Waals surface area contributed by atoms with Crippen LogP contribution in [-0.4, -0.2) is 16.9 Å². The molecule has 0 aliphatic carbocycles. The number of carbonyl (C=O) groups is 1. The summed E-state index contributed by atoms with van der Waals surface area (Å²) in [4.78, 5) is 11.1. The molecule has 1 N–H and O–H groups in total. The molecule has 0 saturated carbocycles. The van der Waals surface area contributed by atoms with Gasteiger partial charge in [0.25, 0.3) is 0 Å². The molecule has 66 valence electrons. The van der Waals surface area contributed by atoms with Crippen LogP contribution in [0.3, 0.4) is 0 Å². The molecule has 1 aromatic rings. The Morgan fingerprint density at radius 1 is 1.38 bits per heavy atom. The summed E-state index contributed by atoms with van der Waals surface area (Å²) in [5.74, 6) is -0.582. The van der Waals surface area contributed by atoms with Gasteiger partial charge in [-0.3, -0.25) is 0 Å². The fourth-order valence-corrected chi connectivity index (χ4v) is 1.29. The van der Waals surface area contributed by atoms with E-state index in [4.69, 9.17) is 9.94 Å². The summed E-state index contributed by atoms with van der Waals surface area (Å²) < 4.78 is 4.78. The van der Waals surface area contributed by atoms with E-state index in [1.807, 2.05) is 12.1 Å². The summed E-state index contributed by atoms with van der Waals surface area (Å²) >= 11 is 0. The quantitative estimate of drug-likeness (QED) is 0.364. The van der Waals surface area contributed by atoms with Gasteiger partial charge >= 0.3 is 5.97 Å². The van der Waals surface area contributed by atoms with Crippen LogP contribution in [0, 0.1) is 0 Å². The minimum absolute atomic E-state index is 0.0261. The van der Waals surface area contributed by atoms with Gasteiger partial charge in [-0.25, -0.2) is 4.79 Å². The maximum atomic E-state index is 11.1. The Morgan fingerprint density at radius 2 is 2.15 bits per heavy atom. The average molecular weight is 177 g/mol. The number of rotatable bonds is 0.